The Balaban J connectivity index is 1.37. The molecule has 0 N–H and O–H groups in total. The van der Waals surface area contributed by atoms with Crippen LogP contribution in [0.1, 0.15) is 24.2 Å². The lowest BCUT2D eigenvalue weighted by Crippen LogP contribution is -2.38. The van der Waals surface area contributed by atoms with E-state index in [0.717, 1.165) is 41.3 Å². The molecule has 0 bridgehead atoms. The van der Waals surface area contributed by atoms with E-state index in [1.54, 1.807) is 19.1 Å². The highest BCUT2D eigenvalue weighted by Gasteiger charge is 2.39. The molecule has 1 atom stereocenters. The van der Waals surface area contributed by atoms with E-state index in [4.69, 9.17) is 37.8 Å². The van der Waals surface area contributed by atoms with Gasteiger partial charge in [0.1, 0.15) is 12.4 Å². The lowest BCUT2D eigenvalue weighted by Gasteiger charge is -2.33. The number of hydrogen-bond donors (Lipinski definition) is 0. The van der Waals surface area contributed by atoms with Gasteiger partial charge < -0.3 is 14.4 Å². The molecule has 9 heteroatoms. The fourth-order valence-electron chi connectivity index (χ4n) is 5.24. The number of benzene rings is 4. The van der Waals surface area contributed by atoms with Gasteiger partial charge in [-0.15, -0.1) is 5.10 Å². The van der Waals surface area contributed by atoms with Crippen molar-refractivity contribution in [3.8, 4) is 5.75 Å². The third kappa shape index (κ3) is 5.81. The fraction of sp³-hybridized carbons (Fsp3) is 0.212. The first-order valence-electron chi connectivity index (χ1n) is 13.8. The first-order valence-corrected chi connectivity index (χ1v) is 14.6. The van der Waals surface area contributed by atoms with Gasteiger partial charge in [0.25, 0.3) is 0 Å². The molecule has 2 aliphatic rings. The van der Waals surface area contributed by atoms with Crippen molar-refractivity contribution in [2.75, 3.05) is 41.1 Å². The minimum atomic E-state index is -0.437. The predicted octanol–water partition coefficient (Wildman–Crippen LogP) is 7.34. The number of carbonyl (C=O) groups is 1. The van der Waals surface area contributed by atoms with Crippen molar-refractivity contribution in [1.82, 2.24) is 0 Å². The highest BCUT2D eigenvalue weighted by atomic mass is 35.5. The lowest BCUT2D eigenvalue weighted by atomic mass is 10.1. The Kier molecular flexibility index (Phi) is 8.33. The van der Waals surface area contributed by atoms with E-state index < -0.39 is 6.17 Å². The molecule has 7 nitrogen and oxygen atoms in total. The van der Waals surface area contributed by atoms with Crippen molar-refractivity contribution in [3.05, 3.63) is 118 Å². The first kappa shape index (κ1) is 28.1. The van der Waals surface area contributed by atoms with Crippen LogP contribution in [0.4, 0.5) is 17.1 Å². The van der Waals surface area contributed by atoms with E-state index >= 15 is 0 Å². The van der Waals surface area contributed by atoms with Crippen molar-refractivity contribution in [1.29, 1.82) is 0 Å². The maximum atomic E-state index is 13.0. The number of ether oxygens (including phenoxy) is 2. The van der Waals surface area contributed by atoms with Crippen LogP contribution in [0.25, 0.3) is 0 Å². The van der Waals surface area contributed by atoms with Gasteiger partial charge in [0.05, 0.1) is 18.9 Å². The second kappa shape index (κ2) is 12.4. The van der Waals surface area contributed by atoms with Gasteiger partial charge in [-0.25, -0.2) is 5.01 Å². The second-order valence-corrected chi connectivity index (χ2v) is 10.9. The number of nitrogens with zero attached hydrogens (tertiary/aromatic N) is 4. The smallest absolute Gasteiger partial charge is 0.198 e. The van der Waals surface area contributed by atoms with Gasteiger partial charge in [0.2, 0.25) is 0 Å². The molecule has 0 aromatic heterocycles. The molecule has 0 radical (unpaired) electrons. The Morgan fingerprint density at radius 3 is 2.21 bits per heavy atom. The van der Waals surface area contributed by atoms with Crippen molar-refractivity contribution in [2.24, 2.45) is 5.10 Å². The van der Waals surface area contributed by atoms with Gasteiger partial charge >= 0.3 is 0 Å². The van der Waals surface area contributed by atoms with E-state index in [1.807, 2.05) is 82.7 Å². The van der Waals surface area contributed by atoms with E-state index in [2.05, 4.69) is 17.0 Å². The van der Waals surface area contributed by atoms with E-state index in [1.165, 1.54) is 0 Å². The first-order chi connectivity index (χ1) is 20.5. The Morgan fingerprint density at radius 1 is 0.857 bits per heavy atom. The van der Waals surface area contributed by atoms with Gasteiger partial charge in [-0.3, -0.25) is 9.69 Å². The number of morpholine rings is 1. The molecule has 0 spiro atoms. The summed E-state index contributed by atoms with van der Waals surface area (Å²) >= 11 is 12.8. The van der Waals surface area contributed by atoms with Crippen molar-refractivity contribution in [2.45, 2.75) is 19.7 Å². The zero-order valence-electron chi connectivity index (χ0n) is 23.1. The molecule has 0 amide bonds. The van der Waals surface area contributed by atoms with Gasteiger partial charge in [-0.05, 0) is 60.7 Å². The van der Waals surface area contributed by atoms with Crippen LogP contribution in [0.2, 0.25) is 10.0 Å². The van der Waals surface area contributed by atoms with E-state index in [-0.39, 0.29) is 12.4 Å². The largest absolute Gasteiger partial charge is 0.489 e. The molecule has 214 valence electrons. The van der Waals surface area contributed by atoms with Crippen LogP contribution in [0.3, 0.4) is 0 Å². The molecule has 4 aromatic rings. The lowest BCUT2D eigenvalue weighted by molar-refractivity contribution is -0.111. The minimum absolute atomic E-state index is 0.128. The number of anilines is 3. The summed E-state index contributed by atoms with van der Waals surface area (Å²) in [6, 6.07) is 31.3. The molecule has 0 aliphatic carbocycles. The van der Waals surface area contributed by atoms with Gasteiger partial charge in [0, 0.05) is 52.6 Å². The quantitative estimate of drug-likeness (QED) is 0.211. The standard InChI is InChI=1S/C33H30Cl2N4O3/c1-23(40)32-36-39(27-8-3-2-4-9-27)33(38(32)26-15-13-25(14-16-26)37-17-19-41-20-18-37)24-7-5-10-28(21-24)42-22-29-30(34)11-6-12-31(29)35/h2-16,21,33H,17-20,22H2,1H3/t33-/m0/s1. The molecule has 42 heavy (non-hydrogen) atoms. The fourth-order valence-corrected chi connectivity index (χ4v) is 5.75. The number of amidine groups is 1. The molecule has 6 rings (SSSR count). The minimum Gasteiger partial charge on any atom is -0.489 e. The summed E-state index contributed by atoms with van der Waals surface area (Å²) < 4.78 is 11.7. The summed E-state index contributed by atoms with van der Waals surface area (Å²) in [5.74, 6) is 0.879. The third-order valence-electron chi connectivity index (χ3n) is 7.35. The number of halogens is 2. The Morgan fingerprint density at radius 2 is 1.52 bits per heavy atom. The Labute approximate surface area is 255 Å². The number of ketones is 1. The van der Waals surface area contributed by atoms with Gasteiger partial charge in [-0.1, -0.05) is 59.6 Å². The number of hydrogen-bond acceptors (Lipinski definition) is 7. The molecule has 4 aromatic carbocycles. The SMILES string of the molecule is CC(=O)C1=NN(c2ccccc2)[C@@H](c2cccc(OCc3c(Cl)cccc3Cl)c2)N1c1ccc(N2CCOCC2)cc1. The molecule has 2 aliphatic heterocycles. The van der Waals surface area contributed by atoms with Crippen LogP contribution < -0.4 is 19.5 Å². The van der Waals surface area contributed by atoms with Crippen LogP contribution in [-0.4, -0.2) is 37.9 Å². The normalized spacial score (nSPS) is 16.9. The molecular weight excluding hydrogens is 571 g/mol. The maximum Gasteiger partial charge on any atom is 0.198 e. The molecule has 0 saturated carbocycles. The van der Waals surface area contributed by atoms with Crippen LogP contribution >= 0.6 is 23.2 Å². The zero-order valence-corrected chi connectivity index (χ0v) is 24.6. The van der Waals surface area contributed by atoms with Crippen LogP contribution in [-0.2, 0) is 16.1 Å². The highest BCUT2D eigenvalue weighted by molar-refractivity contribution is 6.44. The molecule has 0 unspecified atom stereocenters. The summed E-state index contributed by atoms with van der Waals surface area (Å²) in [5, 5.41) is 7.84. The predicted molar refractivity (Wildman–Crippen MR) is 169 cm³/mol. The Hall–Kier alpha value is -4.04. The second-order valence-electron chi connectivity index (χ2n) is 10.1. The average Bonchev–Trinajstić information content (AvgIpc) is 3.43. The topological polar surface area (TPSA) is 57.6 Å². The van der Waals surface area contributed by atoms with Crippen molar-refractivity contribution >= 4 is 51.9 Å². The summed E-state index contributed by atoms with van der Waals surface area (Å²) in [5.41, 5.74) is 4.47. The van der Waals surface area contributed by atoms with Crippen molar-refractivity contribution < 1.29 is 14.3 Å². The van der Waals surface area contributed by atoms with Crippen LogP contribution in [0.15, 0.2) is 102 Å². The van der Waals surface area contributed by atoms with Crippen LogP contribution in [0, 0.1) is 0 Å². The van der Waals surface area contributed by atoms with Gasteiger partial charge in [0.15, 0.2) is 17.8 Å². The zero-order chi connectivity index (χ0) is 29.1. The number of rotatable bonds is 8. The maximum absolute atomic E-state index is 13.0. The summed E-state index contributed by atoms with van der Waals surface area (Å²) in [4.78, 5) is 17.3. The monoisotopic (exact) mass is 600 g/mol. The van der Waals surface area contributed by atoms with E-state index in [9.17, 15) is 4.79 Å². The molecule has 2 heterocycles. The summed E-state index contributed by atoms with van der Waals surface area (Å²) in [7, 11) is 0. The average molecular weight is 602 g/mol. The molecular formula is C33H30Cl2N4O3. The van der Waals surface area contributed by atoms with Crippen molar-refractivity contribution in [3.63, 3.8) is 0 Å². The Bertz CT molecular complexity index is 1570. The van der Waals surface area contributed by atoms with E-state index in [0.29, 0.717) is 34.8 Å². The number of hydrazone groups is 1. The molecule has 1 saturated heterocycles. The highest BCUT2D eigenvalue weighted by Crippen LogP contribution is 2.40. The number of Topliss-reactive ketones (excluding diaryl/α,β-unsaturated/α-hetero) is 1. The van der Waals surface area contributed by atoms with Crippen LogP contribution in [0.5, 0.6) is 5.75 Å². The molecule has 1 fully saturated rings. The van der Waals surface area contributed by atoms with Gasteiger partial charge in [-0.2, -0.15) is 0 Å². The number of carbonyl (C=O) groups excluding carboxylic acids is 1. The summed E-state index contributed by atoms with van der Waals surface area (Å²) in [6.45, 7) is 4.89. The summed E-state index contributed by atoms with van der Waals surface area (Å²) in [6.07, 6.45) is -0.437. The number of para-hydroxylation sites is 1. The third-order valence-corrected chi connectivity index (χ3v) is 8.06.